The molecule has 0 bridgehead atoms. The van der Waals surface area contributed by atoms with Crippen LogP contribution in [-0.4, -0.2) is 37.3 Å². The maximum Gasteiger partial charge on any atom is 0.394 e. The molecule has 0 radical (unpaired) electrons. The van der Waals surface area contributed by atoms with Gasteiger partial charge in [-0.25, -0.2) is 0 Å². The fourth-order valence-corrected chi connectivity index (χ4v) is 2.06. The van der Waals surface area contributed by atoms with Crippen molar-refractivity contribution in [3.63, 3.8) is 0 Å². The lowest BCUT2D eigenvalue weighted by Crippen LogP contribution is -1.97. The molecule has 0 saturated carbocycles. The van der Waals surface area contributed by atoms with Crippen molar-refractivity contribution in [1.82, 2.24) is 12.3 Å². The summed E-state index contributed by atoms with van der Waals surface area (Å²) in [6.07, 6.45) is 10.6. The van der Waals surface area contributed by atoms with Gasteiger partial charge in [-0.15, -0.1) is 6.58 Å². The van der Waals surface area contributed by atoms with Gasteiger partial charge in [-0.05, 0) is 25.0 Å². The zero-order valence-electron chi connectivity index (χ0n) is 16.1. The Morgan fingerprint density at radius 1 is 0.852 bits per heavy atom. The Balaban J connectivity index is -0.000000729. The lowest BCUT2D eigenvalue weighted by atomic mass is 10.1. The van der Waals surface area contributed by atoms with Crippen LogP contribution < -0.4 is 17.0 Å². The van der Waals surface area contributed by atoms with Gasteiger partial charge in [0.15, 0.2) is 0 Å². The zero-order chi connectivity index (χ0) is 18.8. The van der Waals surface area contributed by atoms with Gasteiger partial charge in [0.05, 0.1) is 13.2 Å². The number of hydrogen-bond acceptors (Lipinski definition) is 6. The minimum Gasteiger partial charge on any atom is -0.494 e. The molecule has 1 aromatic rings. The topological polar surface area (TPSA) is 163 Å². The van der Waals surface area contributed by atoms with Gasteiger partial charge in [-0.3, -0.25) is 9.11 Å². The first-order valence-electron chi connectivity index (χ1n) is 8.50. The minimum atomic E-state index is -4.67. The second kappa shape index (κ2) is 20.8. The lowest BCUT2D eigenvalue weighted by Gasteiger charge is -2.05. The van der Waals surface area contributed by atoms with Crippen molar-refractivity contribution < 1.29 is 27.0 Å². The highest BCUT2D eigenvalue weighted by Gasteiger charge is 1.94. The van der Waals surface area contributed by atoms with Crippen LogP contribution in [0.25, 0.3) is 0 Å². The van der Waals surface area contributed by atoms with E-state index in [9.17, 15) is 0 Å². The third-order valence-electron chi connectivity index (χ3n) is 3.18. The highest BCUT2D eigenvalue weighted by atomic mass is 32.3. The van der Waals surface area contributed by atoms with Crippen LogP contribution in [0.2, 0.25) is 0 Å². The SMILES string of the molecule is C=CCOCCCCCCCCCOc1ccccc1.N.N.O=S(=O)(O)O. The van der Waals surface area contributed by atoms with Gasteiger partial charge in [0.1, 0.15) is 5.75 Å². The predicted octanol–water partition coefficient (Wildman–Crippen LogP) is 4.67. The van der Waals surface area contributed by atoms with E-state index < -0.39 is 10.4 Å². The normalized spacial score (nSPS) is 9.85. The Hall–Kier alpha value is -1.49. The molecule has 0 fully saturated rings. The lowest BCUT2D eigenvalue weighted by molar-refractivity contribution is 0.157. The van der Waals surface area contributed by atoms with Crippen LogP contribution >= 0.6 is 0 Å². The van der Waals surface area contributed by atoms with E-state index in [1.54, 1.807) is 6.08 Å². The van der Waals surface area contributed by atoms with Gasteiger partial charge in [0.2, 0.25) is 0 Å². The number of benzene rings is 1. The van der Waals surface area contributed by atoms with E-state index in [0.717, 1.165) is 25.4 Å². The minimum absolute atomic E-state index is 0. The molecule has 0 aliphatic heterocycles. The molecule has 9 heteroatoms. The summed E-state index contributed by atoms with van der Waals surface area (Å²) in [6, 6.07) is 10.0. The van der Waals surface area contributed by atoms with E-state index in [4.69, 9.17) is 27.0 Å². The monoisotopic (exact) mass is 408 g/mol. The van der Waals surface area contributed by atoms with Gasteiger partial charge in [0, 0.05) is 6.61 Å². The van der Waals surface area contributed by atoms with E-state index in [-0.39, 0.29) is 12.3 Å². The molecule has 0 atom stereocenters. The van der Waals surface area contributed by atoms with Crippen molar-refractivity contribution in [3.8, 4) is 5.75 Å². The largest absolute Gasteiger partial charge is 0.494 e. The van der Waals surface area contributed by atoms with E-state index in [0.29, 0.717) is 6.61 Å². The predicted molar refractivity (Wildman–Crippen MR) is 109 cm³/mol. The summed E-state index contributed by atoms with van der Waals surface area (Å²) >= 11 is 0. The Morgan fingerprint density at radius 3 is 1.78 bits per heavy atom. The van der Waals surface area contributed by atoms with E-state index in [1.165, 1.54) is 38.5 Å². The van der Waals surface area contributed by atoms with E-state index >= 15 is 0 Å². The van der Waals surface area contributed by atoms with Gasteiger partial charge in [-0.2, -0.15) is 8.42 Å². The van der Waals surface area contributed by atoms with Crippen LogP contribution in [0.1, 0.15) is 44.9 Å². The molecule has 0 saturated heterocycles. The maximum atomic E-state index is 8.74. The first-order chi connectivity index (χ1) is 11.9. The highest BCUT2D eigenvalue weighted by molar-refractivity contribution is 7.79. The standard InChI is InChI=1S/C18H28O2.2H3N.H2O4S/c1-2-15-19-16-11-6-4-3-5-7-12-17-20-18-13-9-8-10-14-18;;;1-5(2,3)4/h2,8-10,13-14H,1,3-7,11-12,15-17H2;2*1H3;(H2,1,2,3,4). The Morgan fingerprint density at radius 2 is 1.30 bits per heavy atom. The summed E-state index contributed by atoms with van der Waals surface area (Å²) in [5, 5.41) is 0. The molecule has 0 aliphatic carbocycles. The number of rotatable bonds is 13. The molecule has 8 N–H and O–H groups in total. The molecule has 1 aromatic carbocycles. The first-order valence-corrected chi connectivity index (χ1v) is 9.89. The molecule has 160 valence electrons. The molecule has 0 unspecified atom stereocenters. The number of hydrogen-bond donors (Lipinski definition) is 4. The van der Waals surface area contributed by atoms with Crippen LogP contribution in [0.4, 0.5) is 0 Å². The van der Waals surface area contributed by atoms with Crippen LogP contribution in [-0.2, 0) is 15.1 Å². The van der Waals surface area contributed by atoms with Crippen molar-refractivity contribution >= 4 is 10.4 Å². The van der Waals surface area contributed by atoms with E-state index in [2.05, 4.69) is 6.58 Å². The molecular formula is C18H36N2O6S. The Labute approximate surface area is 163 Å². The van der Waals surface area contributed by atoms with Gasteiger partial charge >= 0.3 is 10.4 Å². The summed E-state index contributed by atoms with van der Waals surface area (Å²) in [5.74, 6) is 0.979. The van der Waals surface area contributed by atoms with Crippen LogP contribution in [0.5, 0.6) is 5.75 Å². The zero-order valence-corrected chi connectivity index (χ0v) is 16.9. The number of unbranched alkanes of at least 4 members (excludes halogenated alkanes) is 6. The highest BCUT2D eigenvalue weighted by Crippen LogP contribution is 2.11. The van der Waals surface area contributed by atoms with Gasteiger partial charge in [-0.1, -0.05) is 56.4 Å². The molecule has 0 heterocycles. The molecule has 27 heavy (non-hydrogen) atoms. The summed E-state index contributed by atoms with van der Waals surface area (Å²) in [5.41, 5.74) is 0. The van der Waals surface area contributed by atoms with Crippen molar-refractivity contribution in [2.45, 2.75) is 44.9 Å². The van der Waals surface area contributed by atoms with Crippen molar-refractivity contribution in [2.24, 2.45) is 0 Å². The van der Waals surface area contributed by atoms with Crippen LogP contribution in [0, 0.1) is 0 Å². The summed E-state index contributed by atoms with van der Waals surface area (Å²) in [7, 11) is -4.67. The van der Waals surface area contributed by atoms with E-state index in [1.807, 2.05) is 30.3 Å². The smallest absolute Gasteiger partial charge is 0.394 e. The Bertz CT molecular complexity index is 518. The Kier molecular flexibility index (Phi) is 23.3. The fraction of sp³-hybridized carbons (Fsp3) is 0.556. The second-order valence-electron chi connectivity index (χ2n) is 5.45. The first kappa shape index (κ1) is 30.2. The molecule has 1 rings (SSSR count). The van der Waals surface area contributed by atoms with Crippen molar-refractivity contribution in [3.05, 3.63) is 43.0 Å². The van der Waals surface area contributed by atoms with Crippen LogP contribution in [0.15, 0.2) is 43.0 Å². The quantitative estimate of drug-likeness (QED) is 0.208. The number of ether oxygens (including phenoxy) is 2. The van der Waals surface area contributed by atoms with Gasteiger partial charge in [0.25, 0.3) is 0 Å². The average molecular weight is 409 g/mol. The molecule has 8 nitrogen and oxygen atoms in total. The summed E-state index contributed by atoms with van der Waals surface area (Å²) in [4.78, 5) is 0. The second-order valence-corrected chi connectivity index (χ2v) is 6.34. The molecule has 0 spiro atoms. The average Bonchev–Trinajstić information content (AvgIpc) is 2.55. The maximum absolute atomic E-state index is 8.74. The third-order valence-corrected chi connectivity index (χ3v) is 3.18. The molecular weight excluding hydrogens is 372 g/mol. The summed E-state index contributed by atoms with van der Waals surface area (Å²) in [6.45, 7) is 6.01. The fourth-order valence-electron chi connectivity index (χ4n) is 2.06. The third kappa shape index (κ3) is 29.5. The number of para-hydroxylation sites is 1. The molecule has 0 amide bonds. The molecule has 0 aliphatic rings. The molecule has 0 aromatic heterocycles. The van der Waals surface area contributed by atoms with Crippen LogP contribution in [0.3, 0.4) is 0 Å². The van der Waals surface area contributed by atoms with Crippen molar-refractivity contribution in [1.29, 1.82) is 0 Å². The van der Waals surface area contributed by atoms with Gasteiger partial charge < -0.3 is 21.8 Å². The summed E-state index contributed by atoms with van der Waals surface area (Å²) < 4.78 is 42.6. The van der Waals surface area contributed by atoms with Crippen molar-refractivity contribution in [2.75, 3.05) is 19.8 Å².